The molecule has 0 aliphatic carbocycles. The summed E-state index contributed by atoms with van der Waals surface area (Å²) in [6, 6.07) is 18.7. The van der Waals surface area contributed by atoms with Crippen molar-refractivity contribution in [1.29, 1.82) is 0 Å². The molecule has 0 bridgehead atoms. The third-order valence-corrected chi connectivity index (χ3v) is 7.45. The van der Waals surface area contributed by atoms with Gasteiger partial charge < -0.3 is 9.47 Å². The van der Waals surface area contributed by atoms with Gasteiger partial charge >= 0.3 is 0 Å². The fraction of sp³-hybridized carbons (Fsp3) is 0.500. The van der Waals surface area contributed by atoms with Gasteiger partial charge in [0.05, 0.1) is 13.2 Å². The first-order chi connectivity index (χ1) is 19.6. The van der Waals surface area contributed by atoms with Crippen molar-refractivity contribution in [3.8, 4) is 33.8 Å². The van der Waals surface area contributed by atoms with Crippen molar-refractivity contribution in [2.45, 2.75) is 104 Å². The van der Waals surface area contributed by atoms with Gasteiger partial charge in [-0.2, -0.15) is 4.39 Å². The Morgan fingerprint density at radius 3 is 1.48 bits per heavy atom. The average Bonchev–Trinajstić information content (AvgIpc) is 2.98. The van der Waals surface area contributed by atoms with E-state index in [1.54, 1.807) is 6.07 Å². The van der Waals surface area contributed by atoms with Crippen LogP contribution in [0.5, 0.6) is 11.5 Å². The highest BCUT2D eigenvalue weighted by Crippen LogP contribution is 2.32. The molecule has 0 aromatic heterocycles. The number of hydrogen-bond donors (Lipinski definition) is 0. The molecule has 0 atom stereocenters. The van der Waals surface area contributed by atoms with Crippen LogP contribution in [0.4, 0.5) is 8.78 Å². The standard InChI is InChI=1S/C36H48F2O2/c1-3-5-7-9-10-11-12-13-14-16-27-39-32-23-21-30(22-24-32)29-17-19-31(20-18-29)33-25-26-34(36(38)35(33)37)40-28-15-8-6-4-2/h17-26H,3-16,27-28H2,1-2H3. The number of ether oxygens (including phenoxy) is 2. The second-order valence-electron chi connectivity index (χ2n) is 10.8. The maximum atomic E-state index is 14.8. The van der Waals surface area contributed by atoms with Crippen LogP contribution in [0.3, 0.4) is 0 Å². The Kier molecular flexibility index (Phi) is 14.6. The minimum Gasteiger partial charge on any atom is -0.494 e. The molecule has 0 aliphatic heterocycles. The molecule has 3 rings (SSSR count). The number of unbranched alkanes of at least 4 members (excludes halogenated alkanes) is 12. The van der Waals surface area contributed by atoms with Gasteiger partial charge in [-0.25, -0.2) is 4.39 Å². The van der Waals surface area contributed by atoms with Crippen molar-refractivity contribution in [2.75, 3.05) is 13.2 Å². The maximum absolute atomic E-state index is 14.8. The van der Waals surface area contributed by atoms with Crippen molar-refractivity contribution in [2.24, 2.45) is 0 Å². The van der Waals surface area contributed by atoms with Crippen molar-refractivity contribution in [3.63, 3.8) is 0 Å². The van der Waals surface area contributed by atoms with E-state index in [4.69, 9.17) is 9.47 Å². The lowest BCUT2D eigenvalue weighted by Gasteiger charge is -2.11. The lowest BCUT2D eigenvalue weighted by Crippen LogP contribution is -2.01. The highest BCUT2D eigenvalue weighted by molar-refractivity contribution is 5.71. The molecule has 0 unspecified atom stereocenters. The highest BCUT2D eigenvalue weighted by Gasteiger charge is 2.16. The van der Waals surface area contributed by atoms with E-state index in [1.807, 2.05) is 48.5 Å². The molecule has 4 heteroatoms. The second kappa shape index (κ2) is 18.5. The lowest BCUT2D eigenvalue weighted by molar-refractivity contribution is 0.285. The van der Waals surface area contributed by atoms with Crippen LogP contribution in [0.15, 0.2) is 60.7 Å². The van der Waals surface area contributed by atoms with Gasteiger partial charge in [0.2, 0.25) is 5.82 Å². The van der Waals surface area contributed by atoms with E-state index in [0.717, 1.165) is 55.6 Å². The summed E-state index contributed by atoms with van der Waals surface area (Å²) in [6.45, 7) is 5.53. The van der Waals surface area contributed by atoms with E-state index in [1.165, 1.54) is 63.9 Å². The van der Waals surface area contributed by atoms with Gasteiger partial charge in [-0.05, 0) is 53.8 Å². The predicted molar refractivity (Wildman–Crippen MR) is 164 cm³/mol. The summed E-state index contributed by atoms with van der Waals surface area (Å²) < 4.78 is 40.9. The second-order valence-corrected chi connectivity index (χ2v) is 10.8. The van der Waals surface area contributed by atoms with Gasteiger partial charge in [0.1, 0.15) is 5.75 Å². The Morgan fingerprint density at radius 2 is 0.900 bits per heavy atom. The van der Waals surface area contributed by atoms with E-state index in [-0.39, 0.29) is 11.3 Å². The third-order valence-electron chi connectivity index (χ3n) is 7.45. The minimum atomic E-state index is -0.925. The fourth-order valence-electron chi connectivity index (χ4n) is 4.94. The first-order valence-electron chi connectivity index (χ1n) is 15.6. The molecule has 218 valence electrons. The Bertz CT molecular complexity index is 1090. The molecule has 0 radical (unpaired) electrons. The van der Waals surface area contributed by atoms with Gasteiger partial charge in [-0.3, -0.25) is 0 Å². The summed E-state index contributed by atoms with van der Waals surface area (Å²) >= 11 is 0. The normalized spacial score (nSPS) is 11.1. The molecule has 0 saturated carbocycles. The van der Waals surface area contributed by atoms with Crippen LogP contribution in [0, 0.1) is 11.6 Å². The summed E-state index contributed by atoms with van der Waals surface area (Å²) in [5.74, 6) is -0.945. The first kappa shape index (κ1) is 31.6. The molecular formula is C36H48F2O2. The number of benzene rings is 3. The molecule has 0 N–H and O–H groups in total. The van der Waals surface area contributed by atoms with Crippen LogP contribution in [0.1, 0.15) is 104 Å². The molecular weight excluding hydrogens is 502 g/mol. The number of halogens is 2. The summed E-state index contributed by atoms with van der Waals surface area (Å²) in [6.07, 6.45) is 17.2. The zero-order valence-corrected chi connectivity index (χ0v) is 24.7. The molecule has 0 heterocycles. The van der Waals surface area contributed by atoms with Gasteiger partial charge in [-0.15, -0.1) is 0 Å². The first-order valence-corrected chi connectivity index (χ1v) is 15.6. The Labute approximate surface area is 241 Å². The van der Waals surface area contributed by atoms with Crippen LogP contribution < -0.4 is 9.47 Å². The molecule has 0 aliphatic rings. The largest absolute Gasteiger partial charge is 0.494 e. The van der Waals surface area contributed by atoms with Crippen LogP contribution >= 0.6 is 0 Å². The van der Waals surface area contributed by atoms with Crippen molar-refractivity contribution < 1.29 is 18.3 Å². The smallest absolute Gasteiger partial charge is 0.201 e. The highest BCUT2D eigenvalue weighted by atomic mass is 19.2. The Morgan fingerprint density at radius 1 is 0.450 bits per heavy atom. The summed E-state index contributed by atoms with van der Waals surface area (Å²) in [5.41, 5.74) is 2.93. The van der Waals surface area contributed by atoms with E-state index < -0.39 is 11.6 Å². The van der Waals surface area contributed by atoms with Crippen molar-refractivity contribution >= 4 is 0 Å². The molecule has 40 heavy (non-hydrogen) atoms. The van der Waals surface area contributed by atoms with E-state index in [9.17, 15) is 8.78 Å². The summed E-state index contributed by atoms with van der Waals surface area (Å²) in [7, 11) is 0. The lowest BCUT2D eigenvalue weighted by atomic mass is 9.99. The molecule has 2 nitrogen and oxygen atoms in total. The van der Waals surface area contributed by atoms with Crippen LogP contribution in [0.25, 0.3) is 22.3 Å². The van der Waals surface area contributed by atoms with E-state index in [2.05, 4.69) is 13.8 Å². The van der Waals surface area contributed by atoms with Crippen LogP contribution in [-0.4, -0.2) is 13.2 Å². The van der Waals surface area contributed by atoms with Crippen LogP contribution in [0.2, 0.25) is 0 Å². The number of hydrogen-bond acceptors (Lipinski definition) is 2. The van der Waals surface area contributed by atoms with Crippen LogP contribution in [-0.2, 0) is 0 Å². The molecule has 0 spiro atoms. The molecule has 0 fully saturated rings. The van der Waals surface area contributed by atoms with Gasteiger partial charge in [0.15, 0.2) is 11.6 Å². The van der Waals surface area contributed by atoms with Gasteiger partial charge in [0, 0.05) is 5.56 Å². The zero-order chi connectivity index (χ0) is 28.4. The quantitative estimate of drug-likeness (QED) is 0.130. The fourth-order valence-corrected chi connectivity index (χ4v) is 4.94. The summed E-state index contributed by atoms with van der Waals surface area (Å²) in [4.78, 5) is 0. The number of rotatable bonds is 20. The topological polar surface area (TPSA) is 18.5 Å². The zero-order valence-electron chi connectivity index (χ0n) is 24.7. The maximum Gasteiger partial charge on any atom is 0.201 e. The molecule has 0 amide bonds. The SMILES string of the molecule is CCCCCCCCCCCCOc1ccc(-c2ccc(-c3ccc(OCCCCCC)c(F)c3F)cc2)cc1. The van der Waals surface area contributed by atoms with Gasteiger partial charge in [-0.1, -0.05) is 127 Å². The minimum absolute atomic E-state index is 0.0233. The van der Waals surface area contributed by atoms with Crippen molar-refractivity contribution in [3.05, 3.63) is 72.3 Å². The third kappa shape index (κ3) is 10.6. The van der Waals surface area contributed by atoms with E-state index in [0.29, 0.717) is 12.2 Å². The predicted octanol–water partition coefficient (Wildman–Crippen LogP) is 11.6. The monoisotopic (exact) mass is 550 g/mol. The molecule has 3 aromatic rings. The van der Waals surface area contributed by atoms with E-state index >= 15 is 0 Å². The molecule has 3 aromatic carbocycles. The Balaban J connectivity index is 1.42. The molecule has 0 saturated heterocycles. The average molecular weight is 551 g/mol. The van der Waals surface area contributed by atoms with Crippen molar-refractivity contribution in [1.82, 2.24) is 0 Å². The Hall–Kier alpha value is -2.88. The summed E-state index contributed by atoms with van der Waals surface area (Å²) in [5, 5.41) is 0. The van der Waals surface area contributed by atoms with Gasteiger partial charge in [0.25, 0.3) is 0 Å².